The van der Waals surface area contributed by atoms with Gasteiger partial charge in [0, 0.05) is 39.5 Å². The van der Waals surface area contributed by atoms with E-state index in [1.807, 2.05) is 62.4 Å². The van der Waals surface area contributed by atoms with Crippen LogP contribution in [0.2, 0.25) is 0 Å². The van der Waals surface area contributed by atoms with Crippen LogP contribution in [0.15, 0.2) is 48.5 Å². The molecule has 0 heterocycles. The molecule has 11 nitrogen and oxygen atoms in total. The SMILES string of the molecule is COCCCOc1cc(C[C@H](C[C@H](C(=O)OCc2ccccc2)[C@H](C[C@H](C(=O)NCC(C)(C)C(N)=O)C(C)C)OC(C)=O)C(C)C)ccc1OC. The summed E-state index contributed by atoms with van der Waals surface area (Å²) in [4.78, 5) is 52.2. The van der Waals surface area contributed by atoms with Gasteiger partial charge < -0.3 is 34.7 Å². The van der Waals surface area contributed by atoms with E-state index >= 15 is 0 Å². The van der Waals surface area contributed by atoms with E-state index in [1.165, 1.54) is 6.92 Å². The molecular weight excluding hydrogens is 652 g/mol. The van der Waals surface area contributed by atoms with Crippen molar-refractivity contribution in [2.24, 2.45) is 40.7 Å². The van der Waals surface area contributed by atoms with Gasteiger partial charge in [-0.2, -0.15) is 0 Å². The molecule has 0 fully saturated rings. The number of nitrogens with two attached hydrogens (primary N) is 1. The van der Waals surface area contributed by atoms with Gasteiger partial charge in [0.1, 0.15) is 12.7 Å². The number of esters is 2. The van der Waals surface area contributed by atoms with Gasteiger partial charge in [0.15, 0.2) is 11.5 Å². The molecule has 3 N–H and O–H groups in total. The average molecular weight is 713 g/mol. The van der Waals surface area contributed by atoms with Crippen molar-refractivity contribution in [3.05, 3.63) is 59.7 Å². The van der Waals surface area contributed by atoms with Gasteiger partial charge >= 0.3 is 11.9 Å². The number of hydrogen-bond acceptors (Lipinski definition) is 9. The molecule has 0 saturated carbocycles. The predicted molar refractivity (Wildman–Crippen MR) is 196 cm³/mol. The third-order valence-corrected chi connectivity index (χ3v) is 9.27. The Hall–Kier alpha value is -4.12. The highest BCUT2D eigenvalue weighted by Crippen LogP contribution is 2.35. The quantitative estimate of drug-likeness (QED) is 0.106. The highest BCUT2D eigenvalue weighted by Gasteiger charge is 2.39. The third-order valence-electron chi connectivity index (χ3n) is 9.27. The van der Waals surface area contributed by atoms with Crippen LogP contribution in [0.25, 0.3) is 0 Å². The Kier molecular flexibility index (Phi) is 18.0. The highest BCUT2D eigenvalue weighted by molar-refractivity contribution is 5.83. The monoisotopic (exact) mass is 712 g/mol. The lowest BCUT2D eigenvalue weighted by Crippen LogP contribution is -2.46. The van der Waals surface area contributed by atoms with E-state index < -0.39 is 41.2 Å². The number of amides is 2. The fourth-order valence-electron chi connectivity index (χ4n) is 5.77. The van der Waals surface area contributed by atoms with Crippen LogP contribution >= 0.6 is 0 Å². The van der Waals surface area contributed by atoms with Gasteiger partial charge in [-0.05, 0) is 74.1 Å². The summed E-state index contributed by atoms with van der Waals surface area (Å²) in [5, 5.41) is 2.86. The molecule has 0 aliphatic heterocycles. The fraction of sp³-hybridized carbons (Fsp3) is 0.600. The first-order valence-corrected chi connectivity index (χ1v) is 17.8. The van der Waals surface area contributed by atoms with Gasteiger partial charge in [-0.25, -0.2) is 0 Å². The zero-order valence-corrected chi connectivity index (χ0v) is 32.0. The summed E-state index contributed by atoms with van der Waals surface area (Å²) in [6.07, 6.45) is 0.783. The van der Waals surface area contributed by atoms with Gasteiger partial charge in [-0.1, -0.05) is 64.1 Å². The number of ether oxygens (including phenoxy) is 5. The Balaban J connectivity index is 2.47. The molecule has 0 aromatic heterocycles. The molecule has 4 atom stereocenters. The molecule has 2 aromatic rings. The Morgan fingerprint density at radius 2 is 1.53 bits per heavy atom. The molecule has 0 spiro atoms. The second kappa shape index (κ2) is 21.3. The van der Waals surface area contributed by atoms with Crippen LogP contribution in [-0.2, 0) is 46.4 Å². The average Bonchev–Trinajstić information content (AvgIpc) is 3.08. The molecule has 11 heteroatoms. The minimum absolute atomic E-state index is 0.0422. The molecule has 0 radical (unpaired) electrons. The topological polar surface area (TPSA) is 152 Å². The number of primary amides is 1. The molecule has 0 unspecified atom stereocenters. The lowest BCUT2D eigenvalue weighted by molar-refractivity contribution is -0.165. The molecule has 0 aliphatic rings. The van der Waals surface area contributed by atoms with Gasteiger partial charge in [0.25, 0.3) is 0 Å². The number of benzene rings is 2. The summed E-state index contributed by atoms with van der Waals surface area (Å²) in [6.45, 7) is 13.7. The summed E-state index contributed by atoms with van der Waals surface area (Å²) in [5.74, 6) is -2.30. The lowest BCUT2D eigenvalue weighted by atomic mass is 9.77. The van der Waals surface area contributed by atoms with Crippen LogP contribution in [0, 0.1) is 35.0 Å². The summed E-state index contributed by atoms with van der Waals surface area (Å²) in [5.41, 5.74) is 6.39. The molecule has 284 valence electrons. The molecule has 2 aromatic carbocycles. The summed E-state index contributed by atoms with van der Waals surface area (Å²) in [6, 6.07) is 15.2. The summed E-state index contributed by atoms with van der Waals surface area (Å²) in [7, 11) is 3.24. The van der Waals surface area contributed by atoms with Gasteiger partial charge in [-0.3, -0.25) is 19.2 Å². The smallest absolute Gasteiger partial charge is 0.313 e. The Labute approximate surface area is 304 Å². The van der Waals surface area contributed by atoms with Crippen molar-refractivity contribution >= 4 is 23.8 Å². The van der Waals surface area contributed by atoms with Crippen molar-refractivity contribution in [3.63, 3.8) is 0 Å². The van der Waals surface area contributed by atoms with Gasteiger partial charge in [0.2, 0.25) is 11.8 Å². The standard InChI is InChI=1S/C40H60N2O9/c1-26(2)31(20-30-16-17-34(48-9)36(21-30)49-19-13-18-47-8)22-33(38(45)50-24-29-14-11-10-12-15-29)35(51-28(5)43)23-32(27(3)4)37(44)42-25-40(6,7)39(41)46/h10-12,14-17,21,26-27,31-33,35H,13,18-20,22-25H2,1-9H3,(H2,41,46)(H,42,44)/t31-,32+,33+,35+/m1/s1. The molecule has 0 bridgehead atoms. The predicted octanol–water partition coefficient (Wildman–Crippen LogP) is 5.90. The number of rotatable bonds is 23. The third kappa shape index (κ3) is 14.6. The van der Waals surface area contributed by atoms with Gasteiger partial charge in [-0.15, -0.1) is 0 Å². The first-order chi connectivity index (χ1) is 24.1. The van der Waals surface area contributed by atoms with Crippen LogP contribution in [0.1, 0.15) is 78.9 Å². The number of hydrogen-bond donors (Lipinski definition) is 2. The Morgan fingerprint density at radius 1 is 0.843 bits per heavy atom. The van der Waals surface area contributed by atoms with Crippen molar-refractivity contribution < 1.29 is 42.9 Å². The first-order valence-electron chi connectivity index (χ1n) is 17.8. The number of carbonyl (C=O) groups is 4. The highest BCUT2D eigenvalue weighted by atomic mass is 16.6. The minimum atomic E-state index is -0.961. The maximum absolute atomic E-state index is 14.1. The molecular formula is C40H60N2O9. The maximum atomic E-state index is 14.1. The zero-order valence-electron chi connectivity index (χ0n) is 32.0. The number of carbonyl (C=O) groups excluding carboxylic acids is 4. The van der Waals surface area contributed by atoms with Crippen molar-refractivity contribution in [1.82, 2.24) is 5.32 Å². The van der Waals surface area contributed by atoms with Gasteiger partial charge in [0.05, 0.1) is 25.0 Å². The molecule has 51 heavy (non-hydrogen) atoms. The molecule has 0 saturated heterocycles. The van der Waals surface area contributed by atoms with E-state index in [1.54, 1.807) is 28.1 Å². The van der Waals surface area contributed by atoms with Crippen LogP contribution in [0.4, 0.5) is 0 Å². The number of nitrogens with one attached hydrogen (secondary N) is 1. The van der Waals surface area contributed by atoms with E-state index in [0.29, 0.717) is 37.6 Å². The largest absolute Gasteiger partial charge is 0.493 e. The molecule has 0 aliphatic carbocycles. The first kappa shape index (κ1) is 43.0. The van der Waals surface area contributed by atoms with E-state index in [9.17, 15) is 19.2 Å². The van der Waals surface area contributed by atoms with Crippen LogP contribution in [-0.4, -0.2) is 63.8 Å². The second-order valence-corrected chi connectivity index (χ2v) is 14.5. The minimum Gasteiger partial charge on any atom is -0.493 e. The van der Waals surface area contributed by atoms with Crippen LogP contribution in [0.5, 0.6) is 11.5 Å². The normalized spacial score (nSPS) is 13.9. The van der Waals surface area contributed by atoms with Crippen molar-refractivity contribution in [3.8, 4) is 11.5 Å². The number of methoxy groups -OCH3 is 2. The second-order valence-electron chi connectivity index (χ2n) is 14.5. The van der Waals surface area contributed by atoms with Crippen molar-refractivity contribution in [2.45, 2.75) is 86.9 Å². The molecule has 2 rings (SSSR count). The van der Waals surface area contributed by atoms with Crippen molar-refractivity contribution in [1.29, 1.82) is 0 Å². The van der Waals surface area contributed by atoms with E-state index in [0.717, 1.165) is 17.5 Å². The lowest BCUT2D eigenvalue weighted by Gasteiger charge is -2.33. The molecule has 2 amide bonds. The van der Waals surface area contributed by atoms with E-state index in [2.05, 4.69) is 19.2 Å². The summed E-state index contributed by atoms with van der Waals surface area (Å²) < 4.78 is 28.5. The van der Waals surface area contributed by atoms with Crippen LogP contribution in [0.3, 0.4) is 0 Å². The van der Waals surface area contributed by atoms with Crippen molar-refractivity contribution in [2.75, 3.05) is 34.0 Å². The Bertz CT molecular complexity index is 1390. The van der Waals surface area contributed by atoms with Crippen LogP contribution < -0.4 is 20.5 Å². The summed E-state index contributed by atoms with van der Waals surface area (Å²) >= 11 is 0. The van der Waals surface area contributed by atoms with E-state index in [-0.39, 0.29) is 43.2 Å². The Morgan fingerprint density at radius 3 is 2.10 bits per heavy atom. The fourth-order valence-corrected chi connectivity index (χ4v) is 5.77. The zero-order chi connectivity index (χ0) is 38.1. The van der Waals surface area contributed by atoms with E-state index in [4.69, 9.17) is 29.4 Å². The maximum Gasteiger partial charge on any atom is 0.313 e.